The Morgan fingerprint density at radius 2 is 2.05 bits per heavy atom. The van der Waals surface area contributed by atoms with Crippen LogP contribution >= 0.6 is 22.9 Å². The largest absolute Gasteiger partial charge is 0.398 e. The molecule has 7 heteroatoms. The highest BCUT2D eigenvalue weighted by Gasteiger charge is 2.28. The van der Waals surface area contributed by atoms with Gasteiger partial charge in [0.15, 0.2) is 0 Å². The molecule has 0 radical (unpaired) electrons. The molecule has 0 saturated heterocycles. The van der Waals surface area contributed by atoms with Gasteiger partial charge < -0.3 is 5.73 Å². The van der Waals surface area contributed by atoms with E-state index in [4.69, 9.17) is 17.3 Å². The second-order valence-electron chi connectivity index (χ2n) is 4.39. The summed E-state index contributed by atoms with van der Waals surface area (Å²) in [5.41, 5.74) is 5.96. The Bertz CT molecular complexity index is 699. The van der Waals surface area contributed by atoms with Crippen LogP contribution < -0.4 is 5.73 Å². The molecule has 2 N–H and O–H groups in total. The highest BCUT2D eigenvalue weighted by molar-refractivity contribution is 7.89. The van der Waals surface area contributed by atoms with Crippen LogP contribution in [0.3, 0.4) is 0 Å². The number of benzene rings is 1. The van der Waals surface area contributed by atoms with E-state index in [1.807, 2.05) is 24.4 Å². The summed E-state index contributed by atoms with van der Waals surface area (Å²) < 4.78 is 26.6. The Hall–Kier alpha value is -1.08. The zero-order valence-electron chi connectivity index (χ0n) is 11.1. The van der Waals surface area contributed by atoms with Crippen molar-refractivity contribution in [2.45, 2.75) is 17.9 Å². The zero-order valence-corrected chi connectivity index (χ0v) is 13.5. The second kappa shape index (κ2) is 5.73. The first-order valence-electron chi connectivity index (χ1n) is 5.90. The predicted octanol–water partition coefficient (Wildman–Crippen LogP) is 3.37. The molecule has 1 aromatic carbocycles. The highest BCUT2D eigenvalue weighted by atomic mass is 35.5. The molecular weight excluding hydrogens is 316 g/mol. The minimum Gasteiger partial charge on any atom is -0.398 e. The molecule has 108 valence electrons. The molecule has 0 fully saturated rings. The van der Waals surface area contributed by atoms with E-state index in [-0.39, 0.29) is 16.6 Å². The molecular formula is C13H15ClN2O2S2. The molecule has 0 amide bonds. The molecule has 20 heavy (non-hydrogen) atoms. The summed E-state index contributed by atoms with van der Waals surface area (Å²) in [7, 11) is -2.15. The van der Waals surface area contributed by atoms with Crippen molar-refractivity contribution in [2.75, 3.05) is 12.8 Å². The maximum atomic E-state index is 12.6. The molecule has 0 aliphatic heterocycles. The third-order valence-corrected chi connectivity index (χ3v) is 6.39. The number of halogens is 1. The number of rotatable bonds is 4. The average Bonchev–Trinajstić information content (AvgIpc) is 2.93. The smallest absolute Gasteiger partial charge is 0.245 e. The van der Waals surface area contributed by atoms with E-state index >= 15 is 0 Å². The Kier molecular flexibility index (Phi) is 4.39. The maximum Gasteiger partial charge on any atom is 0.245 e. The fourth-order valence-corrected chi connectivity index (χ4v) is 4.41. The Morgan fingerprint density at radius 3 is 2.65 bits per heavy atom. The van der Waals surface area contributed by atoms with Crippen LogP contribution in [0.4, 0.5) is 5.69 Å². The van der Waals surface area contributed by atoms with Gasteiger partial charge in [0.2, 0.25) is 10.0 Å². The van der Waals surface area contributed by atoms with Crippen LogP contribution in [0.2, 0.25) is 5.02 Å². The highest BCUT2D eigenvalue weighted by Crippen LogP contribution is 2.31. The lowest BCUT2D eigenvalue weighted by molar-refractivity contribution is 0.403. The Morgan fingerprint density at radius 1 is 1.35 bits per heavy atom. The van der Waals surface area contributed by atoms with Gasteiger partial charge >= 0.3 is 0 Å². The van der Waals surface area contributed by atoms with Gasteiger partial charge in [-0.1, -0.05) is 17.7 Å². The summed E-state index contributed by atoms with van der Waals surface area (Å²) in [5.74, 6) is 0. The molecule has 0 aliphatic carbocycles. The number of hydrogen-bond acceptors (Lipinski definition) is 4. The number of hydrogen-bond donors (Lipinski definition) is 1. The van der Waals surface area contributed by atoms with Crippen LogP contribution in [0.15, 0.2) is 40.6 Å². The van der Waals surface area contributed by atoms with Crippen molar-refractivity contribution in [3.05, 3.63) is 45.6 Å². The average molecular weight is 331 g/mol. The molecule has 0 spiro atoms. The first kappa shape index (κ1) is 15.3. The van der Waals surface area contributed by atoms with E-state index in [0.717, 1.165) is 4.88 Å². The van der Waals surface area contributed by atoms with Crippen molar-refractivity contribution in [3.8, 4) is 0 Å². The van der Waals surface area contributed by atoms with Crippen LogP contribution in [0.25, 0.3) is 0 Å². The molecule has 1 heterocycles. The van der Waals surface area contributed by atoms with Gasteiger partial charge in [-0.25, -0.2) is 8.42 Å². The van der Waals surface area contributed by atoms with Gasteiger partial charge in [0.1, 0.15) is 4.90 Å². The lowest BCUT2D eigenvalue weighted by Gasteiger charge is -2.24. The van der Waals surface area contributed by atoms with Gasteiger partial charge in [0.05, 0.1) is 11.7 Å². The number of thiophene rings is 1. The zero-order chi connectivity index (χ0) is 14.9. The van der Waals surface area contributed by atoms with Gasteiger partial charge in [-0.15, -0.1) is 11.3 Å². The normalized spacial score (nSPS) is 13.6. The van der Waals surface area contributed by atoms with Crippen LogP contribution in [0, 0.1) is 0 Å². The van der Waals surface area contributed by atoms with E-state index in [0.29, 0.717) is 5.02 Å². The third kappa shape index (κ3) is 2.83. The summed E-state index contributed by atoms with van der Waals surface area (Å²) in [4.78, 5) is 1.01. The summed E-state index contributed by atoms with van der Waals surface area (Å²) >= 11 is 7.38. The molecule has 2 aromatic rings. The van der Waals surface area contributed by atoms with Gasteiger partial charge in [0, 0.05) is 16.9 Å². The fraction of sp³-hybridized carbons (Fsp3) is 0.231. The van der Waals surface area contributed by atoms with E-state index in [2.05, 4.69) is 0 Å². The second-order valence-corrected chi connectivity index (χ2v) is 7.78. The van der Waals surface area contributed by atoms with Crippen molar-refractivity contribution in [1.82, 2.24) is 4.31 Å². The van der Waals surface area contributed by atoms with Gasteiger partial charge in [-0.05, 0) is 36.6 Å². The van der Waals surface area contributed by atoms with E-state index in [1.165, 1.54) is 27.8 Å². The Balaban J connectivity index is 2.42. The first-order chi connectivity index (χ1) is 9.34. The van der Waals surface area contributed by atoms with Crippen molar-refractivity contribution in [3.63, 3.8) is 0 Å². The Labute approximate surface area is 127 Å². The quantitative estimate of drug-likeness (QED) is 0.874. The number of sulfonamides is 1. The van der Waals surface area contributed by atoms with Crippen molar-refractivity contribution < 1.29 is 8.42 Å². The maximum absolute atomic E-state index is 12.6. The minimum atomic E-state index is -3.69. The topological polar surface area (TPSA) is 63.4 Å². The minimum absolute atomic E-state index is 0.0379. The molecule has 0 saturated carbocycles. The van der Waals surface area contributed by atoms with E-state index in [1.54, 1.807) is 13.1 Å². The number of nitrogen functional groups attached to an aromatic ring is 1. The standard InChI is InChI=1S/C13H15ClN2O2S2/c1-9(12-4-3-7-19-12)16(2)20(17,18)13-8-10(14)5-6-11(13)15/h3-9H,15H2,1-2H3. The van der Waals surface area contributed by atoms with Gasteiger partial charge in [-0.2, -0.15) is 4.31 Å². The summed E-state index contributed by atoms with van der Waals surface area (Å²) in [5, 5.41) is 2.26. The van der Waals surface area contributed by atoms with E-state index < -0.39 is 10.0 Å². The third-order valence-electron chi connectivity index (χ3n) is 3.13. The summed E-state index contributed by atoms with van der Waals surface area (Å²) in [6, 6.07) is 7.98. The molecule has 1 aromatic heterocycles. The van der Waals surface area contributed by atoms with Crippen molar-refractivity contribution in [2.24, 2.45) is 0 Å². The first-order valence-corrected chi connectivity index (χ1v) is 8.60. The molecule has 0 bridgehead atoms. The van der Waals surface area contributed by atoms with Crippen LogP contribution in [0.5, 0.6) is 0 Å². The van der Waals surface area contributed by atoms with Crippen molar-refractivity contribution in [1.29, 1.82) is 0 Å². The molecule has 1 atom stereocenters. The van der Waals surface area contributed by atoms with Crippen LogP contribution in [0.1, 0.15) is 17.8 Å². The van der Waals surface area contributed by atoms with Crippen LogP contribution in [-0.4, -0.2) is 19.8 Å². The SMILES string of the molecule is CC(c1cccs1)N(C)S(=O)(=O)c1cc(Cl)ccc1N. The molecule has 2 rings (SSSR count). The van der Waals surface area contributed by atoms with Gasteiger partial charge in [-0.3, -0.25) is 0 Å². The molecule has 1 unspecified atom stereocenters. The number of nitrogens with two attached hydrogens (primary N) is 1. The van der Waals surface area contributed by atoms with Gasteiger partial charge in [0.25, 0.3) is 0 Å². The monoisotopic (exact) mass is 330 g/mol. The van der Waals surface area contributed by atoms with Crippen molar-refractivity contribution >= 4 is 38.6 Å². The lowest BCUT2D eigenvalue weighted by atomic mass is 10.3. The molecule has 0 aliphatic rings. The lowest BCUT2D eigenvalue weighted by Crippen LogP contribution is -2.30. The fourth-order valence-electron chi connectivity index (χ4n) is 1.80. The van der Waals surface area contributed by atoms with E-state index in [9.17, 15) is 8.42 Å². The number of anilines is 1. The molecule has 4 nitrogen and oxygen atoms in total. The van der Waals surface area contributed by atoms with Crippen LogP contribution in [-0.2, 0) is 10.0 Å². The number of nitrogens with zero attached hydrogens (tertiary/aromatic N) is 1. The summed E-state index contributed by atoms with van der Waals surface area (Å²) in [6.07, 6.45) is 0. The predicted molar refractivity (Wildman–Crippen MR) is 83.5 cm³/mol. The summed E-state index contributed by atoms with van der Waals surface area (Å²) in [6.45, 7) is 1.84.